The average Bonchev–Trinajstić information content (AvgIpc) is 3.18. The van der Waals surface area contributed by atoms with E-state index in [2.05, 4.69) is 33.0 Å². The Labute approximate surface area is 117 Å². The minimum absolute atomic E-state index is 0.411. The number of hydrogen-bond donors (Lipinski definition) is 1. The summed E-state index contributed by atoms with van der Waals surface area (Å²) in [6.07, 6.45) is 5.06. The van der Waals surface area contributed by atoms with Crippen LogP contribution in [0.2, 0.25) is 0 Å². The number of anilines is 1. The van der Waals surface area contributed by atoms with Gasteiger partial charge in [0, 0.05) is 22.7 Å². The van der Waals surface area contributed by atoms with Crippen LogP contribution in [-0.2, 0) is 0 Å². The van der Waals surface area contributed by atoms with Gasteiger partial charge in [-0.25, -0.2) is 0 Å². The molecular formula is C15H20BrNO. The van der Waals surface area contributed by atoms with Gasteiger partial charge in [-0.15, -0.1) is 0 Å². The first-order valence-corrected chi connectivity index (χ1v) is 7.68. The summed E-state index contributed by atoms with van der Waals surface area (Å²) in [4.78, 5) is 2.56. The fourth-order valence-corrected chi connectivity index (χ4v) is 3.16. The smallest absolute Gasteiger partial charge is 0.0772 e. The van der Waals surface area contributed by atoms with E-state index in [1.807, 2.05) is 13.0 Å². The SMILES string of the molecule is CC(O)c1ccc(N(CC2CC2)C2CC2)cc1Br. The molecule has 0 heterocycles. The molecule has 2 fully saturated rings. The molecule has 2 nitrogen and oxygen atoms in total. The number of aliphatic hydroxyl groups is 1. The van der Waals surface area contributed by atoms with Gasteiger partial charge in [-0.3, -0.25) is 0 Å². The van der Waals surface area contributed by atoms with E-state index in [4.69, 9.17) is 0 Å². The predicted octanol–water partition coefficient (Wildman–Crippen LogP) is 3.88. The third-order valence-corrected chi connectivity index (χ3v) is 4.59. The Balaban J connectivity index is 1.82. The van der Waals surface area contributed by atoms with Gasteiger partial charge in [-0.2, -0.15) is 0 Å². The Morgan fingerprint density at radius 3 is 2.56 bits per heavy atom. The van der Waals surface area contributed by atoms with Crippen molar-refractivity contribution < 1.29 is 5.11 Å². The van der Waals surface area contributed by atoms with Gasteiger partial charge in [0.25, 0.3) is 0 Å². The lowest BCUT2D eigenvalue weighted by Gasteiger charge is -2.25. The lowest BCUT2D eigenvalue weighted by atomic mass is 10.1. The highest BCUT2D eigenvalue weighted by atomic mass is 79.9. The van der Waals surface area contributed by atoms with Crippen LogP contribution in [0.4, 0.5) is 5.69 Å². The summed E-state index contributed by atoms with van der Waals surface area (Å²) in [7, 11) is 0. The quantitative estimate of drug-likeness (QED) is 0.892. The Kier molecular flexibility index (Phi) is 3.37. The zero-order valence-electron chi connectivity index (χ0n) is 10.8. The number of nitrogens with zero attached hydrogens (tertiary/aromatic N) is 1. The number of aliphatic hydroxyl groups excluding tert-OH is 1. The van der Waals surface area contributed by atoms with E-state index in [1.54, 1.807) is 0 Å². The van der Waals surface area contributed by atoms with Crippen LogP contribution >= 0.6 is 15.9 Å². The number of halogens is 1. The van der Waals surface area contributed by atoms with Crippen molar-refractivity contribution in [2.75, 3.05) is 11.4 Å². The van der Waals surface area contributed by atoms with E-state index in [9.17, 15) is 5.11 Å². The molecule has 0 bridgehead atoms. The highest BCUT2D eigenvalue weighted by Gasteiger charge is 2.33. The van der Waals surface area contributed by atoms with Crippen LogP contribution in [0.1, 0.15) is 44.3 Å². The van der Waals surface area contributed by atoms with E-state index in [1.165, 1.54) is 37.9 Å². The summed E-state index contributed by atoms with van der Waals surface area (Å²) < 4.78 is 1.02. The van der Waals surface area contributed by atoms with Crippen LogP contribution in [0, 0.1) is 5.92 Å². The van der Waals surface area contributed by atoms with E-state index in [-0.39, 0.29) is 0 Å². The fourth-order valence-electron chi connectivity index (χ4n) is 2.46. The summed E-state index contributed by atoms with van der Waals surface area (Å²) in [6, 6.07) is 7.14. The first kappa shape index (κ1) is 12.5. The third kappa shape index (κ3) is 2.72. The van der Waals surface area contributed by atoms with Crippen molar-refractivity contribution in [3.8, 4) is 0 Å². The highest BCUT2D eigenvalue weighted by molar-refractivity contribution is 9.10. The first-order valence-electron chi connectivity index (χ1n) is 6.89. The van der Waals surface area contributed by atoms with E-state index >= 15 is 0 Å². The first-order chi connectivity index (χ1) is 8.65. The van der Waals surface area contributed by atoms with Gasteiger partial charge in [0.05, 0.1) is 6.10 Å². The third-order valence-electron chi connectivity index (χ3n) is 3.91. The van der Waals surface area contributed by atoms with Gasteiger partial charge in [-0.05, 0) is 56.2 Å². The van der Waals surface area contributed by atoms with Crippen molar-refractivity contribution in [3.63, 3.8) is 0 Å². The molecule has 0 amide bonds. The molecule has 3 heteroatoms. The second-order valence-electron chi connectivity index (χ2n) is 5.71. The van der Waals surface area contributed by atoms with Gasteiger partial charge in [0.2, 0.25) is 0 Å². The Hall–Kier alpha value is -0.540. The van der Waals surface area contributed by atoms with E-state index in [0.29, 0.717) is 0 Å². The van der Waals surface area contributed by atoms with Gasteiger partial charge in [-0.1, -0.05) is 22.0 Å². The summed E-state index contributed by atoms with van der Waals surface area (Å²) in [5, 5.41) is 9.67. The standard InChI is InChI=1S/C15H20BrNO/c1-10(18)14-7-6-13(8-15(14)16)17(12-4-5-12)9-11-2-3-11/h6-8,10-12,18H,2-5,9H2,1H3. The summed E-state index contributed by atoms with van der Waals surface area (Å²) in [6.45, 7) is 3.02. The maximum absolute atomic E-state index is 9.67. The molecule has 2 saturated carbocycles. The number of hydrogen-bond acceptors (Lipinski definition) is 2. The molecule has 1 unspecified atom stereocenters. The van der Waals surface area contributed by atoms with Crippen LogP contribution in [0.5, 0.6) is 0 Å². The number of rotatable bonds is 5. The average molecular weight is 310 g/mol. The van der Waals surface area contributed by atoms with Crippen molar-refractivity contribution in [3.05, 3.63) is 28.2 Å². The maximum Gasteiger partial charge on any atom is 0.0772 e. The molecule has 0 radical (unpaired) electrons. The van der Waals surface area contributed by atoms with Crippen molar-refractivity contribution >= 4 is 21.6 Å². The predicted molar refractivity (Wildman–Crippen MR) is 77.9 cm³/mol. The molecule has 1 atom stereocenters. The van der Waals surface area contributed by atoms with Crippen LogP contribution in [0.3, 0.4) is 0 Å². The molecule has 2 aliphatic carbocycles. The normalized spacial score (nSPS) is 20.8. The minimum atomic E-state index is -0.411. The molecule has 2 aliphatic rings. The lowest BCUT2D eigenvalue weighted by molar-refractivity contribution is 0.198. The van der Waals surface area contributed by atoms with E-state index < -0.39 is 6.10 Å². The molecule has 98 valence electrons. The van der Waals surface area contributed by atoms with Gasteiger partial charge in [0.15, 0.2) is 0 Å². The highest BCUT2D eigenvalue weighted by Crippen LogP contribution is 2.39. The zero-order valence-corrected chi connectivity index (χ0v) is 12.4. The van der Waals surface area contributed by atoms with Gasteiger partial charge in [0.1, 0.15) is 0 Å². The molecule has 1 N–H and O–H groups in total. The van der Waals surface area contributed by atoms with Crippen LogP contribution in [0.25, 0.3) is 0 Å². The molecule has 1 aromatic carbocycles. The van der Waals surface area contributed by atoms with Crippen molar-refractivity contribution in [1.29, 1.82) is 0 Å². The molecule has 3 rings (SSSR count). The molecule has 0 aromatic heterocycles. The Morgan fingerprint density at radius 2 is 2.06 bits per heavy atom. The van der Waals surface area contributed by atoms with Crippen molar-refractivity contribution in [2.45, 2.75) is 44.8 Å². The number of benzene rings is 1. The second kappa shape index (κ2) is 4.86. The van der Waals surface area contributed by atoms with Crippen molar-refractivity contribution in [2.24, 2.45) is 5.92 Å². The van der Waals surface area contributed by atoms with Crippen molar-refractivity contribution in [1.82, 2.24) is 0 Å². The Bertz CT molecular complexity index is 438. The summed E-state index contributed by atoms with van der Waals surface area (Å²) in [5.41, 5.74) is 2.28. The largest absolute Gasteiger partial charge is 0.389 e. The summed E-state index contributed by atoms with van der Waals surface area (Å²) in [5.74, 6) is 0.917. The maximum atomic E-state index is 9.67. The Morgan fingerprint density at radius 1 is 1.33 bits per heavy atom. The minimum Gasteiger partial charge on any atom is -0.389 e. The fraction of sp³-hybridized carbons (Fsp3) is 0.600. The van der Waals surface area contributed by atoms with Crippen LogP contribution in [0.15, 0.2) is 22.7 Å². The molecule has 0 aliphatic heterocycles. The second-order valence-corrected chi connectivity index (χ2v) is 6.56. The molecule has 0 spiro atoms. The molecule has 18 heavy (non-hydrogen) atoms. The topological polar surface area (TPSA) is 23.5 Å². The van der Waals surface area contributed by atoms with Crippen LogP contribution < -0.4 is 4.90 Å². The molecule has 0 saturated heterocycles. The van der Waals surface area contributed by atoms with Crippen LogP contribution in [-0.4, -0.2) is 17.7 Å². The lowest BCUT2D eigenvalue weighted by Crippen LogP contribution is -2.28. The zero-order chi connectivity index (χ0) is 12.7. The molecular weight excluding hydrogens is 290 g/mol. The summed E-state index contributed by atoms with van der Waals surface area (Å²) >= 11 is 3.58. The molecule has 1 aromatic rings. The van der Waals surface area contributed by atoms with Gasteiger partial charge >= 0.3 is 0 Å². The van der Waals surface area contributed by atoms with E-state index in [0.717, 1.165) is 22.0 Å². The van der Waals surface area contributed by atoms with Gasteiger partial charge < -0.3 is 10.0 Å². The monoisotopic (exact) mass is 309 g/mol.